The van der Waals surface area contributed by atoms with Crippen LogP contribution in [0.15, 0.2) is 48.8 Å². The van der Waals surface area contributed by atoms with E-state index < -0.39 is 5.97 Å². The molecule has 3 nitrogen and oxygen atoms in total. The Bertz CT molecular complexity index is 419. The van der Waals surface area contributed by atoms with Gasteiger partial charge in [0.15, 0.2) is 0 Å². The summed E-state index contributed by atoms with van der Waals surface area (Å²) in [6, 6.07) is 6.77. The van der Waals surface area contributed by atoms with E-state index in [1.165, 1.54) is 6.26 Å². The molecule has 1 N–H and O–H groups in total. The van der Waals surface area contributed by atoms with E-state index in [9.17, 15) is 4.79 Å². The lowest BCUT2D eigenvalue weighted by molar-refractivity contribution is 0.0693. The number of ether oxygens (including phenoxy) is 1. The topological polar surface area (TPSA) is 46.5 Å². The quantitative estimate of drug-likeness (QED) is 0.610. The molecule has 16 heavy (non-hydrogen) atoms. The van der Waals surface area contributed by atoms with E-state index >= 15 is 0 Å². The molecule has 1 rings (SSSR count). The second kappa shape index (κ2) is 5.75. The fourth-order valence-corrected chi connectivity index (χ4v) is 1.16. The molecule has 0 aromatic heterocycles. The Morgan fingerprint density at radius 2 is 2.19 bits per heavy atom. The molecule has 0 aliphatic carbocycles. The molecule has 0 aliphatic rings. The number of benzene rings is 1. The second-order valence-electron chi connectivity index (χ2n) is 3.42. The third-order valence-electron chi connectivity index (χ3n) is 1.94. The van der Waals surface area contributed by atoms with Crippen LogP contribution in [0.5, 0.6) is 0 Å². The molecule has 1 aromatic rings. The van der Waals surface area contributed by atoms with Gasteiger partial charge < -0.3 is 9.84 Å². The van der Waals surface area contributed by atoms with Crippen LogP contribution >= 0.6 is 0 Å². The van der Waals surface area contributed by atoms with Gasteiger partial charge in [-0.05, 0) is 19.1 Å². The first kappa shape index (κ1) is 12.0. The van der Waals surface area contributed by atoms with Crippen molar-refractivity contribution in [2.75, 3.05) is 0 Å². The van der Waals surface area contributed by atoms with Crippen LogP contribution in [0, 0.1) is 0 Å². The molecule has 0 fully saturated rings. The molecule has 0 unspecified atom stereocenters. The molecule has 0 bridgehead atoms. The third-order valence-corrected chi connectivity index (χ3v) is 1.94. The molecule has 1 aromatic carbocycles. The molecule has 84 valence electrons. The van der Waals surface area contributed by atoms with Crippen molar-refractivity contribution in [1.29, 1.82) is 0 Å². The molecule has 0 amide bonds. The number of hydrogen-bond donors (Lipinski definition) is 1. The van der Waals surface area contributed by atoms with Gasteiger partial charge in [0.05, 0.1) is 11.8 Å². The number of carboxylic acid groups (broad SMARTS) is 1. The van der Waals surface area contributed by atoms with Gasteiger partial charge in [0.1, 0.15) is 6.61 Å². The van der Waals surface area contributed by atoms with Gasteiger partial charge in [-0.25, -0.2) is 4.79 Å². The lowest BCUT2D eigenvalue weighted by Gasteiger charge is -2.04. The van der Waals surface area contributed by atoms with Gasteiger partial charge in [-0.2, -0.15) is 0 Å². The average molecular weight is 218 g/mol. The van der Waals surface area contributed by atoms with Crippen LogP contribution in [0.1, 0.15) is 22.8 Å². The van der Waals surface area contributed by atoms with E-state index in [2.05, 4.69) is 6.58 Å². The fourth-order valence-electron chi connectivity index (χ4n) is 1.16. The summed E-state index contributed by atoms with van der Waals surface area (Å²) in [6.45, 7) is 5.78. The van der Waals surface area contributed by atoms with Crippen LogP contribution in [0.3, 0.4) is 0 Å². The third kappa shape index (κ3) is 3.61. The van der Waals surface area contributed by atoms with Gasteiger partial charge in [-0.1, -0.05) is 30.4 Å². The molecule has 0 heterocycles. The van der Waals surface area contributed by atoms with Crippen molar-refractivity contribution in [3.8, 4) is 0 Å². The van der Waals surface area contributed by atoms with Crippen molar-refractivity contribution >= 4 is 5.97 Å². The number of rotatable bonds is 5. The Labute approximate surface area is 94.7 Å². The summed E-state index contributed by atoms with van der Waals surface area (Å²) < 4.78 is 5.22. The average Bonchev–Trinajstić information content (AvgIpc) is 2.24. The summed E-state index contributed by atoms with van der Waals surface area (Å²) >= 11 is 0. The maximum Gasteiger partial charge on any atom is 0.336 e. The molecular weight excluding hydrogens is 204 g/mol. The number of carbonyl (C=O) groups is 1. The molecule has 0 saturated carbocycles. The normalized spacial score (nSPS) is 10.3. The van der Waals surface area contributed by atoms with E-state index in [-0.39, 0.29) is 12.2 Å². The van der Waals surface area contributed by atoms with Crippen molar-refractivity contribution in [3.05, 3.63) is 59.9 Å². The van der Waals surface area contributed by atoms with Gasteiger partial charge in [0.25, 0.3) is 0 Å². The molecular formula is C13H14O3. The highest BCUT2D eigenvalue weighted by Crippen LogP contribution is 2.10. The number of allylic oxidation sites excluding steroid dienone is 2. The Balaban J connectivity index is 2.67. The van der Waals surface area contributed by atoms with E-state index in [4.69, 9.17) is 9.84 Å². The lowest BCUT2D eigenvalue weighted by Crippen LogP contribution is -2.02. The first-order chi connectivity index (χ1) is 7.61. The van der Waals surface area contributed by atoms with Gasteiger partial charge in [-0.15, -0.1) is 0 Å². The van der Waals surface area contributed by atoms with Crippen molar-refractivity contribution < 1.29 is 14.6 Å². The van der Waals surface area contributed by atoms with Gasteiger partial charge in [0, 0.05) is 5.56 Å². The Morgan fingerprint density at radius 3 is 2.81 bits per heavy atom. The van der Waals surface area contributed by atoms with Crippen LogP contribution in [0.2, 0.25) is 0 Å². The minimum atomic E-state index is -0.942. The van der Waals surface area contributed by atoms with Crippen LogP contribution in [0.25, 0.3) is 0 Å². The highest BCUT2D eigenvalue weighted by molar-refractivity contribution is 5.89. The van der Waals surface area contributed by atoms with E-state index in [0.717, 1.165) is 5.57 Å². The minimum absolute atomic E-state index is 0.242. The molecule has 0 saturated heterocycles. The lowest BCUT2D eigenvalue weighted by atomic mass is 10.1. The van der Waals surface area contributed by atoms with Gasteiger partial charge in [-0.3, -0.25) is 0 Å². The zero-order chi connectivity index (χ0) is 12.0. The Morgan fingerprint density at radius 1 is 1.50 bits per heavy atom. The maximum atomic E-state index is 10.9. The smallest absolute Gasteiger partial charge is 0.336 e. The van der Waals surface area contributed by atoms with E-state index in [1.807, 2.05) is 6.92 Å². The number of hydrogen-bond acceptors (Lipinski definition) is 2. The largest absolute Gasteiger partial charge is 0.496 e. The van der Waals surface area contributed by atoms with Crippen molar-refractivity contribution in [1.82, 2.24) is 0 Å². The Hall–Kier alpha value is -2.03. The van der Waals surface area contributed by atoms with Crippen LogP contribution < -0.4 is 0 Å². The summed E-state index contributed by atoms with van der Waals surface area (Å²) in [7, 11) is 0. The van der Waals surface area contributed by atoms with Crippen LogP contribution in [0.4, 0.5) is 0 Å². The number of aromatic carboxylic acids is 1. The highest BCUT2D eigenvalue weighted by Gasteiger charge is 2.07. The molecule has 0 aliphatic heterocycles. The van der Waals surface area contributed by atoms with Crippen LogP contribution in [-0.2, 0) is 11.3 Å². The van der Waals surface area contributed by atoms with E-state index in [0.29, 0.717) is 5.56 Å². The second-order valence-corrected chi connectivity index (χ2v) is 3.42. The first-order valence-electron chi connectivity index (χ1n) is 4.86. The molecule has 0 atom stereocenters. The highest BCUT2D eigenvalue weighted by atomic mass is 16.5. The molecule has 0 radical (unpaired) electrons. The van der Waals surface area contributed by atoms with Gasteiger partial charge in [0.2, 0.25) is 0 Å². The minimum Gasteiger partial charge on any atom is -0.496 e. The van der Waals surface area contributed by atoms with Crippen molar-refractivity contribution in [3.63, 3.8) is 0 Å². The van der Waals surface area contributed by atoms with Crippen LogP contribution in [-0.4, -0.2) is 11.1 Å². The summed E-state index contributed by atoms with van der Waals surface area (Å²) in [5.41, 5.74) is 1.80. The monoisotopic (exact) mass is 218 g/mol. The maximum absolute atomic E-state index is 10.9. The fraction of sp³-hybridized carbons (Fsp3) is 0.154. The molecule has 3 heteroatoms. The summed E-state index contributed by atoms with van der Waals surface area (Å²) in [5.74, 6) is -0.942. The first-order valence-corrected chi connectivity index (χ1v) is 4.86. The summed E-state index contributed by atoms with van der Waals surface area (Å²) in [6.07, 6.45) is 3.24. The number of carboxylic acids is 1. The Kier molecular flexibility index (Phi) is 4.33. The predicted octanol–water partition coefficient (Wildman–Crippen LogP) is 2.99. The van der Waals surface area contributed by atoms with Crippen molar-refractivity contribution in [2.24, 2.45) is 0 Å². The predicted molar refractivity (Wildman–Crippen MR) is 62.1 cm³/mol. The van der Waals surface area contributed by atoms with Gasteiger partial charge >= 0.3 is 5.97 Å². The summed E-state index contributed by atoms with van der Waals surface area (Å²) in [4.78, 5) is 10.9. The zero-order valence-corrected chi connectivity index (χ0v) is 9.14. The van der Waals surface area contributed by atoms with E-state index in [1.54, 1.807) is 30.3 Å². The molecule has 0 spiro atoms. The summed E-state index contributed by atoms with van der Waals surface area (Å²) in [5, 5.41) is 8.92. The SMILES string of the molecule is C=C(C)C=COCc1ccccc1C(=O)O. The zero-order valence-electron chi connectivity index (χ0n) is 9.14. The van der Waals surface area contributed by atoms with Crippen molar-refractivity contribution in [2.45, 2.75) is 13.5 Å². The standard InChI is InChI=1S/C13H14O3/c1-10(2)7-8-16-9-11-5-3-4-6-12(11)13(14)15/h3-8H,1,9H2,2H3,(H,14,15).